The number of aryl methyl sites for hydroxylation is 1. The number of nitrogens with two attached hydrogens (primary N) is 1. The first kappa shape index (κ1) is 16.0. The summed E-state index contributed by atoms with van der Waals surface area (Å²) in [6.45, 7) is 2.92. The van der Waals surface area contributed by atoms with Crippen molar-refractivity contribution in [2.45, 2.75) is 6.92 Å². The smallest absolute Gasteiger partial charge is 0.336 e. The van der Waals surface area contributed by atoms with Gasteiger partial charge in [0.05, 0.1) is 12.3 Å². The molecule has 2 N–H and O–H groups in total. The van der Waals surface area contributed by atoms with Crippen molar-refractivity contribution in [1.29, 1.82) is 0 Å². The van der Waals surface area contributed by atoms with Crippen molar-refractivity contribution in [3.63, 3.8) is 0 Å². The van der Waals surface area contributed by atoms with Crippen LogP contribution >= 0.6 is 0 Å². The number of anilines is 1. The molecule has 0 fully saturated rings. The van der Waals surface area contributed by atoms with Crippen LogP contribution in [0.15, 0.2) is 48.5 Å². The van der Waals surface area contributed by atoms with Gasteiger partial charge >= 0.3 is 6.01 Å². The second-order valence-electron chi connectivity index (χ2n) is 5.38. The van der Waals surface area contributed by atoms with Gasteiger partial charge < -0.3 is 15.2 Å². The maximum Gasteiger partial charge on any atom is 0.336 e. The summed E-state index contributed by atoms with van der Waals surface area (Å²) in [6, 6.07) is 15.9. The molecule has 0 spiro atoms. The first-order valence-corrected chi connectivity index (χ1v) is 7.70. The lowest BCUT2D eigenvalue weighted by Gasteiger charge is -2.08. The quantitative estimate of drug-likeness (QED) is 0.557. The van der Waals surface area contributed by atoms with Gasteiger partial charge in [-0.2, -0.15) is 4.98 Å². The van der Waals surface area contributed by atoms with E-state index in [0.717, 1.165) is 22.6 Å². The molecule has 3 aromatic rings. The van der Waals surface area contributed by atoms with Crippen LogP contribution < -0.4 is 10.5 Å². The van der Waals surface area contributed by atoms with Crippen LogP contribution in [0.5, 0.6) is 6.01 Å². The van der Waals surface area contributed by atoms with E-state index in [0.29, 0.717) is 24.9 Å². The number of hydrogen-bond acceptors (Lipinski definition) is 5. The summed E-state index contributed by atoms with van der Waals surface area (Å²) in [7, 11) is 1.63. The minimum atomic E-state index is 0.321. The maximum atomic E-state index is 5.78. The van der Waals surface area contributed by atoms with Gasteiger partial charge in [-0.3, -0.25) is 0 Å². The number of benzene rings is 2. The van der Waals surface area contributed by atoms with Gasteiger partial charge in [0.25, 0.3) is 0 Å². The van der Waals surface area contributed by atoms with Gasteiger partial charge in [0.1, 0.15) is 6.61 Å². The summed E-state index contributed by atoms with van der Waals surface area (Å²) in [4.78, 5) is 4.55. The maximum absolute atomic E-state index is 5.78. The van der Waals surface area contributed by atoms with E-state index in [4.69, 9.17) is 15.2 Å². The topological polar surface area (TPSA) is 75.2 Å². The normalized spacial score (nSPS) is 10.8. The Morgan fingerprint density at radius 1 is 1.04 bits per heavy atom. The zero-order valence-electron chi connectivity index (χ0n) is 13.8. The highest BCUT2D eigenvalue weighted by molar-refractivity contribution is 5.63. The van der Waals surface area contributed by atoms with E-state index in [1.165, 1.54) is 0 Å². The van der Waals surface area contributed by atoms with Crippen molar-refractivity contribution in [2.75, 3.05) is 26.1 Å². The average Bonchev–Trinajstić information content (AvgIpc) is 3.00. The Bertz CT molecular complexity index is 812. The fourth-order valence-electron chi connectivity index (χ4n) is 2.36. The molecular formula is C18H20N4O2. The van der Waals surface area contributed by atoms with Gasteiger partial charge in [0.15, 0.2) is 5.82 Å². The first-order valence-electron chi connectivity index (χ1n) is 7.70. The highest BCUT2D eigenvalue weighted by Crippen LogP contribution is 2.26. The molecule has 124 valence electrons. The minimum absolute atomic E-state index is 0.321. The number of rotatable bonds is 6. The van der Waals surface area contributed by atoms with E-state index in [2.05, 4.69) is 10.1 Å². The molecule has 0 saturated carbocycles. The van der Waals surface area contributed by atoms with E-state index in [1.54, 1.807) is 11.8 Å². The van der Waals surface area contributed by atoms with Gasteiger partial charge in [-0.05, 0) is 36.8 Å². The molecule has 2 aromatic carbocycles. The number of nitrogen functional groups attached to an aromatic ring is 1. The molecule has 1 heterocycles. The van der Waals surface area contributed by atoms with E-state index in [-0.39, 0.29) is 0 Å². The Morgan fingerprint density at radius 2 is 1.79 bits per heavy atom. The fraction of sp³-hybridized carbons (Fsp3) is 0.222. The highest BCUT2D eigenvalue weighted by Gasteiger charge is 2.16. The van der Waals surface area contributed by atoms with Crippen LogP contribution in [0.25, 0.3) is 17.1 Å². The lowest BCUT2D eigenvalue weighted by molar-refractivity contribution is 0.141. The molecule has 0 aliphatic carbocycles. The van der Waals surface area contributed by atoms with Crippen LogP contribution in [0.3, 0.4) is 0 Å². The fourth-order valence-corrected chi connectivity index (χ4v) is 2.36. The SMILES string of the molecule is COCCOc1nc(-c2ccccc2C)n(-c2ccc(N)cc2)n1. The standard InChI is InChI=1S/C18H20N4O2/c1-13-5-3-4-6-16(13)17-20-18(24-12-11-23-2)21-22(17)15-9-7-14(19)8-10-15/h3-10H,11-12,19H2,1-2H3. The van der Waals surface area contributed by atoms with E-state index in [9.17, 15) is 0 Å². The summed E-state index contributed by atoms with van der Waals surface area (Å²) in [6.07, 6.45) is 0. The minimum Gasteiger partial charge on any atom is -0.460 e. The largest absolute Gasteiger partial charge is 0.460 e. The predicted octanol–water partition coefficient (Wildman–Crippen LogP) is 2.85. The zero-order valence-corrected chi connectivity index (χ0v) is 13.8. The van der Waals surface area contributed by atoms with Crippen molar-refractivity contribution >= 4 is 5.69 Å². The van der Waals surface area contributed by atoms with E-state index in [1.807, 2.05) is 55.5 Å². The molecule has 0 radical (unpaired) electrons. The summed E-state index contributed by atoms with van der Waals surface area (Å²) in [5, 5.41) is 4.49. The van der Waals surface area contributed by atoms with Gasteiger partial charge in [0.2, 0.25) is 0 Å². The molecule has 0 amide bonds. The van der Waals surface area contributed by atoms with Crippen LogP contribution in [-0.2, 0) is 4.74 Å². The van der Waals surface area contributed by atoms with Crippen molar-refractivity contribution in [3.8, 4) is 23.1 Å². The Labute approximate surface area is 140 Å². The molecular weight excluding hydrogens is 304 g/mol. The number of ether oxygens (including phenoxy) is 2. The highest BCUT2D eigenvalue weighted by atomic mass is 16.5. The summed E-state index contributed by atoms with van der Waals surface area (Å²) in [5.41, 5.74) is 9.47. The monoisotopic (exact) mass is 324 g/mol. The second-order valence-corrected chi connectivity index (χ2v) is 5.38. The Kier molecular flexibility index (Phi) is 4.77. The molecule has 0 unspecified atom stereocenters. The molecule has 6 heteroatoms. The lowest BCUT2D eigenvalue weighted by Crippen LogP contribution is -2.05. The van der Waals surface area contributed by atoms with Gasteiger partial charge in [-0.15, -0.1) is 5.10 Å². The third-order valence-electron chi connectivity index (χ3n) is 3.63. The van der Waals surface area contributed by atoms with Crippen LogP contribution in [-0.4, -0.2) is 35.1 Å². The third kappa shape index (κ3) is 3.38. The molecule has 0 aliphatic heterocycles. The molecule has 6 nitrogen and oxygen atoms in total. The Balaban J connectivity index is 2.04. The van der Waals surface area contributed by atoms with Crippen LogP contribution in [0.2, 0.25) is 0 Å². The Morgan fingerprint density at radius 3 is 2.50 bits per heavy atom. The van der Waals surface area contributed by atoms with E-state index < -0.39 is 0 Å². The third-order valence-corrected chi connectivity index (χ3v) is 3.63. The summed E-state index contributed by atoms with van der Waals surface area (Å²) >= 11 is 0. The number of nitrogens with zero attached hydrogens (tertiary/aromatic N) is 3. The molecule has 24 heavy (non-hydrogen) atoms. The average molecular weight is 324 g/mol. The zero-order chi connectivity index (χ0) is 16.9. The molecule has 0 aliphatic rings. The number of aromatic nitrogens is 3. The van der Waals surface area contributed by atoms with Crippen molar-refractivity contribution in [2.24, 2.45) is 0 Å². The number of hydrogen-bond donors (Lipinski definition) is 1. The summed E-state index contributed by atoms with van der Waals surface area (Å²) < 4.78 is 12.4. The molecule has 0 saturated heterocycles. The van der Waals surface area contributed by atoms with Crippen LogP contribution in [0.4, 0.5) is 5.69 Å². The van der Waals surface area contributed by atoms with Crippen molar-refractivity contribution < 1.29 is 9.47 Å². The van der Waals surface area contributed by atoms with Crippen molar-refractivity contribution in [3.05, 3.63) is 54.1 Å². The van der Waals surface area contributed by atoms with Crippen LogP contribution in [0.1, 0.15) is 5.56 Å². The number of methoxy groups -OCH3 is 1. The predicted molar refractivity (Wildman–Crippen MR) is 93.3 cm³/mol. The first-order chi connectivity index (χ1) is 11.7. The molecule has 0 bridgehead atoms. The second kappa shape index (κ2) is 7.14. The van der Waals surface area contributed by atoms with Crippen LogP contribution in [0, 0.1) is 6.92 Å². The van der Waals surface area contributed by atoms with Gasteiger partial charge in [-0.25, -0.2) is 4.68 Å². The molecule has 1 aromatic heterocycles. The molecule has 3 rings (SSSR count). The van der Waals surface area contributed by atoms with Gasteiger partial charge in [-0.1, -0.05) is 24.3 Å². The Hall–Kier alpha value is -2.86. The summed E-state index contributed by atoms with van der Waals surface area (Å²) in [5.74, 6) is 0.727. The molecule has 0 atom stereocenters. The van der Waals surface area contributed by atoms with Crippen molar-refractivity contribution in [1.82, 2.24) is 14.8 Å². The lowest BCUT2D eigenvalue weighted by atomic mass is 10.1. The van der Waals surface area contributed by atoms with Gasteiger partial charge in [0, 0.05) is 18.4 Å². The van der Waals surface area contributed by atoms with E-state index >= 15 is 0 Å².